The monoisotopic (exact) mass is 580 g/mol. The van der Waals surface area contributed by atoms with E-state index in [1.54, 1.807) is 13.2 Å². The number of piperazine rings is 1. The van der Waals surface area contributed by atoms with Crippen molar-refractivity contribution < 1.29 is 14.3 Å². The Morgan fingerprint density at radius 3 is 2.12 bits per heavy atom. The molecule has 4 aromatic rings. The number of thioether (sulfide) groups is 1. The van der Waals surface area contributed by atoms with Gasteiger partial charge in [-0.25, -0.2) is 0 Å². The van der Waals surface area contributed by atoms with Crippen molar-refractivity contribution in [1.29, 1.82) is 0 Å². The summed E-state index contributed by atoms with van der Waals surface area (Å²) in [6.45, 7) is 5.04. The first-order valence-corrected chi connectivity index (χ1v) is 15.1. The van der Waals surface area contributed by atoms with Crippen molar-refractivity contribution in [3.8, 4) is 5.75 Å². The Hall–Kier alpha value is -4.43. The SMILES string of the molecule is COc1ccccc1N1CCN(c2ccc(NC(=O)CSc3ccccc3)cc2C(=O)NC(C)c2ccccc2)CC1. The van der Waals surface area contributed by atoms with Crippen LogP contribution in [0.3, 0.4) is 0 Å². The van der Waals surface area contributed by atoms with E-state index in [1.807, 2.05) is 97.9 Å². The summed E-state index contributed by atoms with van der Waals surface area (Å²) in [6, 6.07) is 33.2. The van der Waals surface area contributed by atoms with Gasteiger partial charge >= 0.3 is 0 Å². The maximum Gasteiger partial charge on any atom is 0.253 e. The molecule has 1 saturated heterocycles. The van der Waals surface area contributed by atoms with Crippen molar-refractivity contribution in [2.45, 2.75) is 17.9 Å². The van der Waals surface area contributed by atoms with Gasteiger partial charge in [0.05, 0.1) is 30.2 Å². The number of benzene rings is 4. The molecule has 1 atom stereocenters. The van der Waals surface area contributed by atoms with Crippen molar-refractivity contribution in [3.05, 3.63) is 114 Å². The fourth-order valence-electron chi connectivity index (χ4n) is 5.11. The quantitative estimate of drug-likeness (QED) is 0.216. The first-order valence-electron chi connectivity index (χ1n) is 14.1. The first kappa shape index (κ1) is 29.1. The molecule has 1 aliphatic rings. The number of hydrogen-bond acceptors (Lipinski definition) is 6. The Morgan fingerprint density at radius 2 is 1.43 bits per heavy atom. The molecule has 1 unspecified atom stereocenters. The highest BCUT2D eigenvalue weighted by Gasteiger charge is 2.24. The second-order valence-electron chi connectivity index (χ2n) is 10.1. The molecular weight excluding hydrogens is 544 g/mol. The average Bonchev–Trinajstić information content (AvgIpc) is 3.04. The molecule has 0 bridgehead atoms. The van der Waals surface area contributed by atoms with Crippen LogP contribution < -0.4 is 25.2 Å². The number of ether oxygens (including phenoxy) is 1. The molecule has 1 aliphatic heterocycles. The van der Waals surface area contributed by atoms with Gasteiger partial charge in [0.2, 0.25) is 5.91 Å². The van der Waals surface area contributed by atoms with E-state index in [4.69, 9.17) is 4.74 Å². The molecule has 0 radical (unpaired) electrons. The summed E-state index contributed by atoms with van der Waals surface area (Å²) in [5.74, 6) is 0.837. The number of para-hydroxylation sites is 2. The minimum Gasteiger partial charge on any atom is -0.495 e. The maximum atomic E-state index is 13.7. The van der Waals surface area contributed by atoms with Crippen molar-refractivity contribution in [2.75, 3.05) is 54.2 Å². The molecule has 216 valence electrons. The molecule has 42 heavy (non-hydrogen) atoms. The number of amides is 2. The number of carbonyl (C=O) groups is 2. The number of nitrogens with one attached hydrogen (secondary N) is 2. The van der Waals surface area contributed by atoms with E-state index in [-0.39, 0.29) is 23.6 Å². The van der Waals surface area contributed by atoms with E-state index in [9.17, 15) is 9.59 Å². The second kappa shape index (κ2) is 14.0. The van der Waals surface area contributed by atoms with Gasteiger partial charge in [0.15, 0.2) is 0 Å². The van der Waals surface area contributed by atoms with Crippen molar-refractivity contribution in [3.63, 3.8) is 0 Å². The number of hydrogen-bond donors (Lipinski definition) is 2. The standard InChI is InChI=1S/C34H36N4O3S/c1-25(26-11-5-3-6-12-26)35-34(40)29-23-27(36-33(39)24-42-28-13-7-4-8-14-28)17-18-30(29)37-19-21-38(22-20-37)31-15-9-10-16-32(31)41-2/h3-18,23,25H,19-22,24H2,1-2H3,(H,35,40)(H,36,39). The van der Waals surface area contributed by atoms with Gasteiger partial charge in [-0.1, -0.05) is 60.7 Å². The average molecular weight is 581 g/mol. The summed E-state index contributed by atoms with van der Waals surface area (Å²) in [6.07, 6.45) is 0. The van der Waals surface area contributed by atoms with Crippen LogP contribution in [0.2, 0.25) is 0 Å². The maximum absolute atomic E-state index is 13.7. The van der Waals surface area contributed by atoms with E-state index >= 15 is 0 Å². The number of methoxy groups -OCH3 is 1. The normalized spacial score (nSPS) is 13.8. The molecular formula is C34H36N4O3S. The Bertz CT molecular complexity index is 1490. The first-order chi connectivity index (χ1) is 20.5. The van der Waals surface area contributed by atoms with Gasteiger partial charge in [-0.15, -0.1) is 11.8 Å². The van der Waals surface area contributed by atoms with Gasteiger partial charge in [-0.2, -0.15) is 0 Å². The summed E-state index contributed by atoms with van der Waals surface area (Å²) in [5.41, 5.74) is 4.09. The smallest absolute Gasteiger partial charge is 0.253 e. The summed E-state index contributed by atoms with van der Waals surface area (Å²) in [7, 11) is 1.69. The van der Waals surface area contributed by atoms with Crippen LogP contribution in [-0.2, 0) is 4.79 Å². The van der Waals surface area contributed by atoms with Gasteiger partial charge in [-0.3, -0.25) is 9.59 Å². The van der Waals surface area contributed by atoms with Gasteiger partial charge in [0.1, 0.15) is 5.75 Å². The summed E-state index contributed by atoms with van der Waals surface area (Å²) >= 11 is 1.48. The summed E-state index contributed by atoms with van der Waals surface area (Å²) < 4.78 is 5.58. The highest BCUT2D eigenvalue weighted by molar-refractivity contribution is 8.00. The highest BCUT2D eigenvalue weighted by atomic mass is 32.2. The molecule has 8 heteroatoms. The van der Waals surface area contributed by atoms with Gasteiger partial charge in [0.25, 0.3) is 5.91 Å². The van der Waals surface area contributed by atoms with Crippen LogP contribution in [-0.4, -0.2) is 50.9 Å². The topological polar surface area (TPSA) is 73.9 Å². The van der Waals surface area contributed by atoms with Crippen molar-refractivity contribution in [1.82, 2.24) is 5.32 Å². The van der Waals surface area contributed by atoms with Crippen molar-refractivity contribution in [2.24, 2.45) is 0 Å². The number of carbonyl (C=O) groups excluding carboxylic acids is 2. The van der Waals surface area contributed by atoms with E-state index in [1.165, 1.54) is 11.8 Å². The molecule has 1 fully saturated rings. The molecule has 0 aliphatic carbocycles. The molecule has 0 aromatic heterocycles. The minimum absolute atomic E-state index is 0.119. The molecule has 5 rings (SSSR count). The minimum atomic E-state index is -0.178. The molecule has 1 heterocycles. The predicted octanol–water partition coefficient (Wildman–Crippen LogP) is 6.24. The zero-order chi connectivity index (χ0) is 29.3. The van der Waals surface area contributed by atoms with E-state index < -0.39 is 0 Å². The summed E-state index contributed by atoms with van der Waals surface area (Å²) in [4.78, 5) is 32.1. The fourth-order valence-corrected chi connectivity index (χ4v) is 5.83. The van der Waals surface area contributed by atoms with Gasteiger partial charge in [0, 0.05) is 42.4 Å². The zero-order valence-electron chi connectivity index (χ0n) is 24.0. The highest BCUT2D eigenvalue weighted by Crippen LogP contribution is 2.31. The number of rotatable bonds is 10. The van der Waals surface area contributed by atoms with E-state index in [0.717, 1.165) is 53.8 Å². The molecule has 0 spiro atoms. The number of nitrogens with zero attached hydrogens (tertiary/aromatic N) is 2. The Balaban J connectivity index is 1.33. The van der Waals surface area contributed by atoms with E-state index in [0.29, 0.717) is 11.3 Å². The lowest BCUT2D eigenvalue weighted by molar-refractivity contribution is -0.113. The van der Waals surface area contributed by atoms with Crippen LogP contribution in [0.5, 0.6) is 5.75 Å². The fraction of sp³-hybridized carbons (Fsp3) is 0.235. The molecule has 4 aromatic carbocycles. The summed E-state index contributed by atoms with van der Waals surface area (Å²) in [5, 5.41) is 6.14. The lowest BCUT2D eigenvalue weighted by Crippen LogP contribution is -2.47. The second-order valence-corrected chi connectivity index (χ2v) is 11.2. The third-order valence-corrected chi connectivity index (χ3v) is 8.34. The third kappa shape index (κ3) is 7.25. The molecule has 7 nitrogen and oxygen atoms in total. The van der Waals surface area contributed by atoms with Crippen LogP contribution in [0.4, 0.5) is 17.1 Å². The van der Waals surface area contributed by atoms with Crippen LogP contribution in [0.25, 0.3) is 0 Å². The lowest BCUT2D eigenvalue weighted by Gasteiger charge is -2.38. The lowest BCUT2D eigenvalue weighted by atomic mass is 10.1. The van der Waals surface area contributed by atoms with Crippen LogP contribution in [0.1, 0.15) is 28.9 Å². The van der Waals surface area contributed by atoms with E-state index in [2.05, 4.69) is 26.5 Å². The third-order valence-electron chi connectivity index (χ3n) is 7.33. The van der Waals surface area contributed by atoms with Crippen LogP contribution in [0.15, 0.2) is 108 Å². The molecule has 0 saturated carbocycles. The van der Waals surface area contributed by atoms with Crippen LogP contribution in [0, 0.1) is 0 Å². The number of anilines is 3. The Labute approximate surface area is 251 Å². The van der Waals surface area contributed by atoms with Crippen LogP contribution >= 0.6 is 11.8 Å². The largest absolute Gasteiger partial charge is 0.495 e. The molecule has 2 amide bonds. The van der Waals surface area contributed by atoms with Gasteiger partial charge in [-0.05, 0) is 55.0 Å². The zero-order valence-corrected chi connectivity index (χ0v) is 24.8. The van der Waals surface area contributed by atoms with Crippen molar-refractivity contribution >= 4 is 40.6 Å². The van der Waals surface area contributed by atoms with Gasteiger partial charge < -0.3 is 25.2 Å². The molecule has 2 N–H and O–H groups in total. The Morgan fingerprint density at radius 1 is 0.810 bits per heavy atom. The Kier molecular flexibility index (Phi) is 9.66. The predicted molar refractivity (Wildman–Crippen MR) is 172 cm³/mol.